The van der Waals surface area contributed by atoms with Crippen LogP contribution in [0.4, 0.5) is 0 Å². The number of carbonyl (C=O) groups is 3. The molecule has 3 N–H and O–H groups in total. The van der Waals surface area contributed by atoms with Gasteiger partial charge >= 0.3 is 0 Å². The second-order valence-corrected chi connectivity index (χ2v) is 6.62. The highest BCUT2D eigenvalue weighted by atomic mass is 16.5. The molecule has 0 radical (unpaired) electrons. The SMILES string of the molecule is NC(=O)[C@@H](Cc1ccc(C(=O)c2ccccc2)cc1)NC(=O)[C@H]1CCOC1. The summed E-state index contributed by atoms with van der Waals surface area (Å²) in [5, 5.41) is 2.71. The van der Waals surface area contributed by atoms with Gasteiger partial charge in [0.2, 0.25) is 11.8 Å². The number of nitrogens with one attached hydrogen (secondary N) is 1. The van der Waals surface area contributed by atoms with Crippen molar-refractivity contribution in [2.75, 3.05) is 13.2 Å². The Bertz CT molecular complexity index is 812. The summed E-state index contributed by atoms with van der Waals surface area (Å²) in [6.07, 6.45) is 0.919. The van der Waals surface area contributed by atoms with Crippen molar-refractivity contribution in [3.8, 4) is 0 Å². The Kier molecular flexibility index (Phi) is 5.98. The van der Waals surface area contributed by atoms with Crippen molar-refractivity contribution in [3.05, 3.63) is 71.3 Å². The maximum atomic E-state index is 12.4. The molecule has 0 aromatic heterocycles. The Balaban J connectivity index is 1.65. The lowest BCUT2D eigenvalue weighted by Crippen LogP contribution is -2.48. The Morgan fingerprint density at radius 3 is 2.30 bits per heavy atom. The van der Waals surface area contributed by atoms with E-state index >= 15 is 0 Å². The lowest BCUT2D eigenvalue weighted by molar-refractivity contribution is -0.129. The molecule has 2 aromatic rings. The fourth-order valence-electron chi connectivity index (χ4n) is 3.04. The molecule has 1 aliphatic heterocycles. The van der Waals surface area contributed by atoms with Crippen LogP contribution in [-0.4, -0.2) is 36.9 Å². The molecular formula is C21H22N2O4. The zero-order chi connectivity index (χ0) is 19.2. The van der Waals surface area contributed by atoms with Gasteiger partial charge in [0.05, 0.1) is 12.5 Å². The van der Waals surface area contributed by atoms with Crippen molar-refractivity contribution < 1.29 is 19.1 Å². The number of ketones is 1. The molecule has 0 saturated carbocycles. The van der Waals surface area contributed by atoms with E-state index in [2.05, 4.69) is 5.32 Å². The highest BCUT2D eigenvalue weighted by molar-refractivity contribution is 6.08. The van der Waals surface area contributed by atoms with Gasteiger partial charge in [-0.1, -0.05) is 54.6 Å². The predicted octanol–water partition coefficient (Wildman–Crippen LogP) is 1.47. The molecule has 2 amide bonds. The molecule has 0 spiro atoms. The number of nitrogens with two attached hydrogens (primary N) is 1. The van der Waals surface area contributed by atoms with E-state index < -0.39 is 11.9 Å². The van der Waals surface area contributed by atoms with Crippen LogP contribution in [0.15, 0.2) is 54.6 Å². The number of carbonyl (C=O) groups excluding carboxylic acids is 3. The number of benzene rings is 2. The van der Waals surface area contributed by atoms with Gasteiger partial charge in [-0.15, -0.1) is 0 Å². The Labute approximate surface area is 157 Å². The molecule has 1 aliphatic rings. The largest absolute Gasteiger partial charge is 0.381 e. The topological polar surface area (TPSA) is 98.5 Å². The third-order valence-corrected chi connectivity index (χ3v) is 4.65. The van der Waals surface area contributed by atoms with Crippen molar-refractivity contribution >= 4 is 17.6 Å². The van der Waals surface area contributed by atoms with Crippen LogP contribution in [0.25, 0.3) is 0 Å². The van der Waals surface area contributed by atoms with Crippen molar-refractivity contribution in [3.63, 3.8) is 0 Å². The highest BCUT2D eigenvalue weighted by Crippen LogP contribution is 2.14. The van der Waals surface area contributed by atoms with E-state index in [0.717, 1.165) is 5.56 Å². The van der Waals surface area contributed by atoms with Crippen LogP contribution >= 0.6 is 0 Å². The van der Waals surface area contributed by atoms with Gasteiger partial charge in [0.1, 0.15) is 6.04 Å². The summed E-state index contributed by atoms with van der Waals surface area (Å²) in [5.74, 6) is -1.11. The van der Waals surface area contributed by atoms with E-state index in [1.165, 1.54) is 0 Å². The summed E-state index contributed by atoms with van der Waals surface area (Å²) in [5.41, 5.74) is 7.44. The third kappa shape index (κ3) is 4.80. The summed E-state index contributed by atoms with van der Waals surface area (Å²) in [6, 6.07) is 15.2. The Morgan fingerprint density at radius 1 is 1.04 bits per heavy atom. The van der Waals surface area contributed by atoms with Crippen LogP contribution in [0.3, 0.4) is 0 Å². The van der Waals surface area contributed by atoms with Gasteiger partial charge in [-0.3, -0.25) is 14.4 Å². The van der Waals surface area contributed by atoms with Crippen LogP contribution < -0.4 is 11.1 Å². The predicted molar refractivity (Wildman–Crippen MR) is 100 cm³/mol. The Hall–Kier alpha value is -2.99. The molecule has 3 rings (SSSR count). The first-order valence-electron chi connectivity index (χ1n) is 8.90. The first-order valence-corrected chi connectivity index (χ1v) is 8.90. The lowest BCUT2D eigenvalue weighted by Gasteiger charge is -2.18. The molecule has 27 heavy (non-hydrogen) atoms. The molecule has 2 atom stereocenters. The molecule has 0 bridgehead atoms. The van der Waals surface area contributed by atoms with Gasteiger partial charge in [-0.25, -0.2) is 0 Å². The summed E-state index contributed by atoms with van der Waals surface area (Å²) in [4.78, 5) is 36.4. The third-order valence-electron chi connectivity index (χ3n) is 4.65. The monoisotopic (exact) mass is 366 g/mol. The molecule has 6 nitrogen and oxygen atoms in total. The normalized spacial score (nSPS) is 17.3. The molecule has 6 heteroatoms. The van der Waals surface area contributed by atoms with Gasteiger partial charge in [0.15, 0.2) is 5.78 Å². The number of hydrogen-bond donors (Lipinski definition) is 2. The van der Waals surface area contributed by atoms with Crippen molar-refractivity contribution in [1.29, 1.82) is 0 Å². The quantitative estimate of drug-likeness (QED) is 0.725. The second kappa shape index (κ2) is 8.60. The molecule has 1 fully saturated rings. The highest BCUT2D eigenvalue weighted by Gasteiger charge is 2.27. The van der Waals surface area contributed by atoms with Crippen LogP contribution in [0.1, 0.15) is 27.9 Å². The molecule has 0 unspecified atom stereocenters. The van der Waals surface area contributed by atoms with Gasteiger partial charge in [0.25, 0.3) is 0 Å². The summed E-state index contributed by atoms with van der Waals surface area (Å²) >= 11 is 0. The van der Waals surface area contributed by atoms with Gasteiger partial charge in [-0.2, -0.15) is 0 Å². The maximum Gasteiger partial charge on any atom is 0.240 e. The zero-order valence-corrected chi connectivity index (χ0v) is 14.9. The fourth-order valence-corrected chi connectivity index (χ4v) is 3.04. The van der Waals surface area contributed by atoms with E-state index in [1.807, 2.05) is 18.2 Å². The zero-order valence-electron chi connectivity index (χ0n) is 14.9. The van der Waals surface area contributed by atoms with Crippen LogP contribution in [-0.2, 0) is 20.7 Å². The smallest absolute Gasteiger partial charge is 0.240 e. The summed E-state index contributed by atoms with van der Waals surface area (Å²) in [6.45, 7) is 0.920. The molecule has 140 valence electrons. The molecule has 0 aliphatic carbocycles. The molecule has 1 heterocycles. The Morgan fingerprint density at radius 2 is 1.70 bits per heavy atom. The lowest BCUT2D eigenvalue weighted by atomic mass is 9.99. The van der Waals surface area contributed by atoms with E-state index in [9.17, 15) is 14.4 Å². The van der Waals surface area contributed by atoms with Crippen molar-refractivity contribution in [2.45, 2.75) is 18.9 Å². The van der Waals surface area contributed by atoms with E-state index in [0.29, 0.717) is 30.8 Å². The van der Waals surface area contributed by atoms with E-state index in [1.54, 1.807) is 36.4 Å². The summed E-state index contributed by atoms with van der Waals surface area (Å²) < 4.78 is 5.20. The summed E-state index contributed by atoms with van der Waals surface area (Å²) in [7, 11) is 0. The first kappa shape index (κ1) is 18.8. The molecular weight excluding hydrogens is 344 g/mol. The minimum absolute atomic E-state index is 0.0665. The average Bonchev–Trinajstić information content (AvgIpc) is 3.23. The average molecular weight is 366 g/mol. The number of rotatable bonds is 7. The standard InChI is InChI=1S/C21H22N2O4/c22-20(25)18(23-21(26)17-10-11-27-13-17)12-14-6-8-16(9-7-14)19(24)15-4-2-1-3-5-15/h1-9,17-18H,10-13H2,(H2,22,25)(H,23,26)/t17-,18+/m0/s1. The van der Waals surface area contributed by atoms with Gasteiger partial charge in [0, 0.05) is 24.2 Å². The molecule has 2 aromatic carbocycles. The first-order chi connectivity index (χ1) is 13.0. The maximum absolute atomic E-state index is 12.4. The van der Waals surface area contributed by atoms with Crippen molar-refractivity contribution in [2.24, 2.45) is 11.7 Å². The minimum atomic E-state index is -0.797. The number of primary amides is 1. The van der Waals surface area contributed by atoms with E-state index in [-0.39, 0.29) is 24.0 Å². The van der Waals surface area contributed by atoms with Gasteiger partial charge in [-0.05, 0) is 12.0 Å². The number of hydrogen-bond acceptors (Lipinski definition) is 4. The number of amides is 2. The van der Waals surface area contributed by atoms with Crippen LogP contribution in [0.5, 0.6) is 0 Å². The fraction of sp³-hybridized carbons (Fsp3) is 0.286. The van der Waals surface area contributed by atoms with Gasteiger partial charge < -0.3 is 15.8 Å². The van der Waals surface area contributed by atoms with Crippen molar-refractivity contribution in [1.82, 2.24) is 5.32 Å². The minimum Gasteiger partial charge on any atom is -0.381 e. The molecule has 1 saturated heterocycles. The second-order valence-electron chi connectivity index (χ2n) is 6.62. The van der Waals surface area contributed by atoms with Crippen LogP contribution in [0, 0.1) is 5.92 Å². The number of ether oxygens (including phenoxy) is 1. The van der Waals surface area contributed by atoms with Crippen LogP contribution in [0.2, 0.25) is 0 Å². The van der Waals surface area contributed by atoms with E-state index in [4.69, 9.17) is 10.5 Å².